The lowest BCUT2D eigenvalue weighted by atomic mass is 9.98. The summed E-state index contributed by atoms with van der Waals surface area (Å²) in [5.74, 6) is 2.26. The largest absolute Gasteiger partial charge is 0.486 e. The van der Waals surface area contributed by atoms with Crippen LogP contribution in [0.1, 0.15) is 17.3 Å². The quantitative estimate of drug-likeness (QED) is 0.259. The lowest BCUT2D eigenvalue weighted by molar-refractivity contribution is 0.0523. The number of rotatable bonds is 5. The number of benzene rings is 3. The molecule has 0 atom stereocenters. The Bertz CT molecular complexity index is 1720. The van der Waals surface area contributed by atoms with Gasteiger partial charge in [-0.15, -0.1) is 0 Å². The van der Waals surface area contributed by atoms with Gasteiger partial charge in [-0.2, -0.15) is 0 Å². The molecule has 0 saturated heterocycles. The van der Waals surface area contributed by atoms with E-state index in [-0.39, 0.29) is 24.8 Å². The molecule has 38 heavy (non-hydrogen) atoms. The van der Waals surface area contributed by atoms with E-state index in [4.69, 9.17) is 37.8 Å². The number of pyridine rings is 1. The summed E-state index contributed by atoms with van der Waals surface area (Å²) >= 11 is 0. The molecule has 9 nitrogen and oxygen atoms in total. The summed E-state index contributed by atoms with van der Waals surface area (Å²) in [5, 5.41) is 0.784. The van der Waals surface area contributed by atoms with Crippen molar-refractivity contribution in [3.8, 4) is 45.8 Å². The van der Waals surface area contributed by atoms with Crippen LogP contribution in [0.15, 0.2) is 65.1 Å². The van der Waals surface area contributed by atoms with Crippen molar-refractivity contribution >= 4 is 28.0 Å². The van der Waals surface area contributed by atoms with Crippen LogP contribution in [-0.4, -0.2) is 37.6 Å². The number of furan rings is 1. The highest BCUT2D eigenvalue weighted by atomic mass is 16.7. The average molecular weight is 511 g/mol. The molecule has 0 spiro atoms. The highest BCUT2D eigenvalue weighted by Gasteiger charge is 2.30. The molecule has 7 rings (SSSR count). The molecule has 190 valence electrons. The van der Waals surface area contributed by atoms with Crippen molar-refractivity contribution in [2.75, 3.05) is 26.6 Å². The van der Waals surface area contributed by atoms with Crippen molar-refractivity contribution in [1.82, 2.24) is 4.98 Å². The van der Waals surface area contributed by atoms with Crippen LogP contribution >= 0.6 is 0 Å². The monoisotopic (exact) mass is 511 g/mol. The van der Waals surface area contributed by atoms with Gasteiger partial charge in [-0.3, -0.25) is 0 Å². The summed E-state index contributed by atoms with van der Waals surface area (Å²) in [5.41, 5.74) is 2.89. The molecule has 9 heteroatoms. The van der Waals surface area contributed by atoms with Gasteiger partial charge in [0.15, 0.2) is 28.6 Å². The SMILES string of the molecule is CCOC(=O)c1c(Oc2ccc3c(c2)OCO3)nc2c(oc3ccccc32)c1-c1ccc2c(c1)OCCO2. The molecule has 0 N–H and O–H groups in total. The van der Waals surface area contributed by atoms with Crippen LogP contribution in [0.5, 0.6) is 34.6 Å². The third kappa shape index (κ3) is 3.62. The third-order valence-electron chi connectivity index (χ3n) is 6.34. The van der Waals surface area contributed by atoms with Gasteiger partial charge in [0.2, 0.25) is 12.7 Å². The van der Waals surface area contributed by atoms with Crippen molar-refractivity contribution in [3.63, 3.8) is 0 Å². The molecule has 2 aliphatic heterocycles. The number of hydrogen-bond acceptors (Lipinski definition) is 9. The van der Waals surface area contributed by atoms with Gasteiger partial charge in [0.05, 0.1) is 6.61 Å². The highest BCUT2D eigenvalue weighted by molar-refractivity contribution is 6.13. The first-order valence-electron chi connectivity index (χ1n) is 12.2. The van der Waals surface area contributed by atoms with Gasteiger partial charge >= 0.3 is 5.97 Å². The second kappa shape index (κ2) is 8.88. The minimum absolute atomic E-state index is 0.0752. The number of para-hydroxylation sites is 1. The third-order valence-corrected chi connectivity index (χ3v) is 6.34. The van der Waals surface area contributed by atoms with Gasteiger partial charge in [0, 0.05) is 17.0 Å². The molecule has 0 aliphatic carbocycles. The van der Waals surface area contributed by atoms with E-state index in [2.05, 4.69) is 0 Å². The molecule has 0 unspecified atom stereocenters. The second-order valence-corrected chi connectivity index (χ2v) is 8.64. The predicted molar refractivity (Wildman–Crippen MR) is 137 cm³/mol. The average Bonchev–Trinajstić information content (AvgIpc) is 3.56. The molecule has 0 saturated carbocycles. The van der Waals surface area contributed by atoms with Crippen LogP contribution in [0.25, 0.3) is 33.2 Å². The zero-order valence-electron chi connectivity index (χ0n) is 20.3. The Hall–Kier alpha value is -4.92. The van der Waals surface area contributed by atoms with Crippen LogP contribution in [0.3, 0.4) is 0 Å². The van der Waals surface area contributed by atoms with E-state index < -0.39 is 5.97 Å². The van der Waals surface area contributed by atoms with Crippen LogP contribution in [-0.2, 0) is 4.74 Å². The smallest absolute Gasteiger partial charge is 0.344 e. The number of carbonyl (C=O) groups excluding carboxylic acids is 1. The summed E-state index contributed by atoms with van der Waals surface area (Å²) in [6.07, 6.45) is 0. The Morgan fingerprint density at radius 3 is 2.55 bits per heavy atom. The lowest BCUT2D eigenvalue weighted by Gasteiger charge is -2.20. The van der Waals surface area contributed by atoms with E-state index in [1.165, 1.54) is 0 Å². The summed E-state index contributed by atoms with van der Waals surface area (Å²) in [4.78, 5) is 18.3. The van der Waals surface area contributed by atoms with Gasteiger partial charge in [-0.1, -0.05) is 18.2 Å². The van der Waals surface area contributed by atoms with Crippen LogP contribution in [0.4, 0.5) is 0 Å². The summed E-state index contributed by atoms with van der Waals surface area (Å²) in [7, 11) is 0. The van der Waals surface area contributed by atoms with Crippen LogP contribution < -0.4 is 23.7 Å². The zero-order chi connectivity index (χ0) is 25.6. The van der Waals surface area contributed by atoms with Crippen LogP contribution in [0.2, 0.25) is 0 Å². The number of hydrogen-bond donors (Lipinski definition) is 0. The molecule has 0 bridgehead atoms. The summed E-state index contributed by atoms with van der Waals surface area (Å²) < 4.78 is 40.5. The van der Waals surface area contributed by atoms with Crippen molar-refractivity contribution in [2.24, 2.45) is 0 Å². The molecule has 5 aromatic rings. The molecule has 3 aromatic carbocycles. The number of esters is 1. The van der Waals surface area contributed by atoms with Crippen LogP contribution in [0, 0.1) is 0 Å². The van der Waals surface area contributed by atoms with Gasteiger partial charge in [0.25, 0.3) is 0 Å². The van der Waals surface area contributed by atoms with Gasteiger partial charge < -0.3 is 32.8 Å². The topological polar surface area (TPSA) is 98.5 Å². The molecule has 2 aromatic heterocycles. The standard InChI is InChI=1S/C29H21NO8/c1-2-32-29(31)25-24(16-7-9-20-22(13-16)34-12-11-33-20)27-26(18-5-3-4-6-19(18)38-27)30-28(25)37-17-8-10-21-23(14-17)36-15-35-21/h3-10,13-14H,2,11-12,15H2,1H3. The molecule has 2 aliphatic rings. The van der Waals surface area contributed by atoms with Crippen molar-refractivity contribution in [3.05, 3.63) is 66.2 Å². The molecular formula is C29H21NO8. The maximum atomic E-state index is 13.5. The zero-order valence-corrected chi connectivity index (χ0v) is 20.3. The Balaban J connectivity index is 1.50. The first-order chi connectivity index (χ1) is 18.7. The lowest BCUT2D eigenvalue weighted by Crippen LogP contribution is -2.15. The molecular weight excluding hydrogens is 490 g/mol. The number of aromatic nitrogens is 1. The summed E-state index contributed by atoms with van der Waals surface area (Å²) in [6, 6.07) is 18.2. The Kier molecular flexibility index (Phi) is 5.21. The van der Waals surface area contributed by atoms with Gasteiger partial charge in [-0.25, -0.2) is 9.78 Å². The first kappa shape index (κ1) is 22.3. The van der Waals surface area contributed by atoms with E-state index in [1.807, 2.05) is 42.5 Å². The van der Waals surface area contributed by atoms with E-state index in [0.29, 0.717) is 69.8 Å². The minimum atomic E-state index is -0.594. The van der Waals surface area contributed by atoms with Crippen molar-refractivity contribution in [1.29, 1.82) is 0 Å². The number of ether oxygens (including phenoxy) is 6. The van der Waals surface area contributed by atoms with E-state index in [1.54, 1.807) is 25.1 Å². The van der Waals surface area contributed by atoms with Gasteiger partial charge in [0.1, 0.15) is 35.6 Å². The van der Waals surface area contributed by atoms with E-state index in [0.717, 1.165) is 5.39 Å². The maximum Gasteiger partial charge on any atom is 0.344 e. The van der Waals surface area contributed by atoms with E-state index >= 15 is 0 Å². The highest BCUT2D eigenvalue weighted by Crippen LogP contribution is 2.45. The number of carbonyl (C=O) groups is 1. The molecule has 0 fully saturated rings. The Morgan fingerprint density at radius 1 is 0.895 bits per heavy atom. The van der Waals surface area contributed by atoms with Crippen molar-refractivity contribution < 1.29 is 37.6 Å². The molecule has 0 amide bonds. The van der Waals surface area contributed by atoms with E-state index in [9.17, 15) is 4.79 Å². The Morgan fingerprint density at radius 2 is 1.66 bits per heavy atom. The fraction of sp³-hybridized carbons (Fsp3) is 0.172. The minimum Gasteiger partial charge on any atom is -0.486 e. The molecule has 4 heterocycles. The fourth-order valence-electron chi connectivity index (χ4n) is 4.68. The molecule has 0 radical (unpaired) electrons. The second-order valence-electron chi connectivity index (χ2n) is 8.64. The Labute approximate surface area is 216 Å². The predicted octanol–water partition coefficient (Wildman–Crippen LogP) is 6.12. The van der Waals surface area contributed by atoms with Crippen molar-refractivity contribution in [2.45, 2.75) is 6.92 Å². The maximum absolute atomic E-state index is 13.5. The normalized spacial score (nSPS) is 13.6. The van der Waals surface area contributed by atoms with Gasteiger partial charge in [-0.05, 0) is 48.9 Å². The fourth-order valence-corrected chi connectivity index (χ4v) is 4.68. The summed E-state index contributed by atoms with van der Waals surface area (Å²) in [6.45, 7) is 2.94. The first-order valence-corrected chi connectivity index (χ1v) is 12.2. The number of fused-ring (bicyclic) bond motifs is 5. The number of nitrogens with zero attached hydrogens (tertiary/aromatic N) is 1.